The maximum absolute atomic E-state index is 6.13. The number of rotatable bonds is 2. The van der Waals surface area contributed by atoms with E-state index in [1.807, 2.05) is 26.2 Å². The van der Waals surface area contributed by atoms with Gasteiger partial charge >= 0.3 is 0 Å². The first-order valence-electron chi connectivity index (χ1n) is 6.06. The monoisotopic (exact) mass is 228 g/mol. The van der Waals surface area contributed by atoms with E-state index in [9.17, 15) is 0 Å². The lowest BCUT2D eigenvalue weighted by Crippen LogP contribution is -2.28. The van der Waals surface area contributed by atoms with Crippen molar-refractivity contribution in [2.24, 2.45) is 5.73 Å². The van der Waals surface area contributed by atoms with Crippen LogP contribution in [0.2, 0.25) is 0 Å². The van der Waals surface area contributed by atoms with Crippen molar-refractivity contribution < 1.29 is 0 Å². The summed E-state index contributed by atoms with van der Waals surface area (Å²) >= 11 is 0. The fourth-order valence-electron chi connectivity index (χ4n) is 2.06. The van der Waals surface area contributed by atoms with Crippen molar-refractivity contribution in [1.29, 1.82) is 0 Å². The summed E-state index contributed by atoms with van der Waals surface area (Å²) in [5.74, 6) is 0.489. The molecule has 0 bridgehead atoms. The number of nitrogens with zero attached hydrogens (tertiary/aromatic N) is 1. The van der Waals surface area contributed by atoms with Gasteiger partial charge in [-0.3, -0.25) is 4.98 Å². The molecule has 0 radical (unpaired) electrons. The van der Waals surface area contributed by atoms with Gasteiger partial charge in [0.15, 0.2) is 0 Å². The van der Waals surface area contributed by atoms with Crippen LogP contribution in [0.5, 0.6) is 0 Å². The number of benzene rings is 1. The van der Waals surface area contributed by atoms with Crippen molar-refractivity contribution >= 4 is 10.8 Å². The summed E-state index contributed by atoms with van der Waals surface area (Å²) in [6.07, 6.45) is 3.87. The van der Waals surface area contributed by atoms with E-state index in [-0.39, 0.29) is 5.54 Å². The SMILES string of the molecule is CC(C)c1cncc2cc(C(C)(C)N)ccc12. The number of fused-ring (bicyclic) bond motifs is 1. The van der Waals surface area contributed by atoms with E-state index >= 15 is 0 Å². The van der Waals surface area contributed by atoms with E-state index in [0.29, 0.717) is 5.92 Å². The van der Waals surface area contributed by atoms with E-state index in [4.69, 9.17) is 5.73 Å². The molecule has 17 heavy (non-hydrogen) atoms. The molecule has 0 atom stereocenters. The first kappa shape index (κ1) is 12.1. The van der Waals surface area contributed by atoms with Crippen LogP contribution in [-0.2, 0) is 5.54 Å². The van der Waals surface area contributed by atoms with Crippen LogP contribution in [-0.4, -0.2) is 4.98 Å². The van der Waals surface area contributed by atoms with Gasteiger partial charge in [0, 0.05) is 23.3 Å². The fourth-order valence-corrected chi connectivity index (χ4v) is 2.06. The highest BCUT2D eigenvalue weighted by atomic mass is 14.7. The second kappa shape index (κ2) is 4.11. The minimum absolute atomic E-state index is 0.304. The number of aromatic nitrogens is 1. The second-order valence-electron chi connectivity index (χ2n) is 5.54. The molecule has 90 valence electrons. The van der Waals surface area contributed by atoms with Crippen LogP contribution in [0.3, 0.4) is 0 Å². The summed E-state index contributed by atoms with van der Waals surface area (Å²) in [6, 6.07) is 6.43. The first-order valence-corrected chi connectivity index (χ1v) is 6.06. The topological polar surface area (TPSA) is 38.9 Å². The van der Waals surface area contributed by atoms with Gasteiger partial charge in [0.1, 0.15) is 0 Å². The summed E-state index contributed by atoms with van der Waals surface area (Å²) in [5, 5.41) is 2.45. The van der Waals surface area contributed by atoms with E-state index in [0.717, 1.165) is 5.56 Å². The Bertz CT molecular complexity index is 536. The zero-order chi connectivity index (χ0) is 12.6. The molecule has 0 unspecified atom stereocenters. The van der Waals surface area contributed by atoms with Crippen molar-refractivity contribution in [3.63, 3.8) is 0 Å². The van der Waals surface area contributed by atoms with E-state index in [1.54, 1.807) is 0 Å². The normalized spacial score (nSPS) is 12.4. The van der Waals surface area contributed by atoms with Crippen molar-refractivity contribution in [1.82, 2.24) is 4.98 Å². The molecule has 0 saturated heterocycles. The highest BCUT2D eigenvalue weighted by Crippen LogP contribution is 2.27. The van der Waals surface area contributed by atoms with Crippen molar-refractivity contribution in [2.45, 2.75) is 39.2 Å². The predicted molar refractivity (Wildman–Crippen MR) is 73.0 cm³/mol. The maximum Gasteiger partial charge on any atom is 0.0352 e. The molecular weight excluding hydrogens is 208 g/mol. The quantitative estimate of drug-likeness (QED) is 0.853. The zero-order valence-electron chi connectivity index (χ0n) is 11.0. The lowest BCUT2D eigenvalue weighted by atomic mass is 9.91. The molecule has 2 heteroatoms. The van der Waals surface area contributed by atoms with Crippen LogP contribution in [0.1, 0.15) is 44.7 Å². The summed E-state index contributed by atoms with van der Waals surface area (Å²) in [5.41, 5.74) is 8.26. The molecule has 2 nitrogen and oxygen atoms in total. The third-order valence-corrected chi connectivity index (χ3v) is 3.16. The third kappa shape index (κ3) is 2.32. The Labute approximate surface area is 103 Å². The lowest BCUT2D eigenvalue weighted by Gasteiger charge is -2.20. The molecule has 0 aliphatic carbocycles. The fraction of sp³-hybridized carbons (Fsp3) is 0.400. The molecule has 0 saturated carbocycles. The molecule has 1 heterocycles. The third-order valence-electron chi connectivity index (χ3n) is 3.16. The van der Waals surface area contributed by atoms with Crippen LogP contribution < -0.4 is 5.73 Å². The largest absolute Gasteiger partial charge is 0.322 e. The van der Waals surface area contributed by atoms with Gasteiger partial charge in [-0.2, -0.15) is 0 Å². The molecule has 0 aliphatic heterocycles. The summed E-state index contributed by atoms with van der Waals surface area (Å²) in [4.78, 5) is 4.32. The Balaban J connectivity index is 2.65. The summed E-state index contributed by atoms with van der Waals surface area (Å²) in [7, 11) is 0. The summed E-state index contributed by atoms with van der Waals surface area (Å²) in [6.45, 7) is 8.43. The standard InChI is InChI=1S/C15H20N2/c1-10(2)14-9-17-8-11-7-12(15(3,4)16)5-6-13(11)14/h5-10H,16H2,1-4H3. The van der Waals surface area contributed by atoms with E-state index < -0.39 is 0 Å². The molecule has 0 fully saturated rings. The molecular formula is C15H20N2. The highest BCUT2D eigenvalue weighted by molar-refractivity contribution is 5.86. The second-order valence-corrected chi connectivity index (χ2v) is 5.54. The van der Waals surface area contributed by atoms with Gasteiger partial charge in [0.05, 0.1) is 0 Å². The lowest BCUT2D eigenvalue weighted by molar-refractivity contribution is 0.555. The number of hydrogen-bond acceptors (Lipinski definition) is 2. The first-order chi connectivity index (χ1) is 7.89. The minimum Gasteiger partial charge on any atom is -0.322 e. The Kier molecular flexibility index (Phi) is 2.92. The Morgan fingerprint density at radius 3 is 2.47 bits per heavy atom. The smallest absolute Gasteiger partial charge is 0.0352 e. The zero-order valence-corrected chi connectivity index (χ0v) is 11.0. The van der Waals surface area contributed by atoms with Crippen LogP contribution in [0.15, 0.2) is 30.6 Å². The van der Waals surface area contributed by atoms with Crippen molar-refractivity contribution in [3.8, 4) is 0 Å². The van der Waals surface area contributed by atoms with Gasteiger partial charge in [0.2, 0.25) is 0 Å². The van der Waals surface area contributed by atoms with Gasteiger partial charge < -0.3 is 5.73 Å². The maximum atomic E-state index is 6.13. The van der Waals surface area contributed by atoms with E-state index in [2.05, 4.69) is 37.0 Å². The van der Waals surface area contributed by atoms with Gasteiger partial charge in [-0.05, 0) is 42.3 Å². The van der Waals surface area contributed by atoms with Crippen molar-refractivity contribution in [3.05, 3.63) is 41.7 Å². The van der Waals surface area contributed by atoms with Gasteiger partial charge in [-0.25, -0.2) is 0 Å². The molecule has 0 amide bonds. The Hall–Kier alpha value is -1.41. The number of hydrogen-bond donors (Lipinski definition) is 1. The van der Waals surface area contributed by atoms with Gasteiger partial charge in [-0.1, -0.05) is 26.0 Å². The molecule has 0 aliphatic rings. The molecule has 2 N–H and O–H groups in total. The van der Waals surface area contributed by atoms with Crippen molar-refractivity contribution in [2.75, 3.05) is 0 Å². The molecule has 1 aromatic carbocycles. The van der Waals surface area contributed by atoms with Crippen LogP contribution in [0.25, 0.3) is 10.8 Å². The molecule has 2 rings (SSSR count). The molecule has 2 aromatic rings. The Morgan fingerprint density at radius 1 is 1.18 bits per heavy atom. The number of pyridine rings is 1. The molecule has 0 spiro atoms. The van der Waals surface area contributed by atoms with Crippen LogP contribution in [0, 0.1) is 0 Å². The predicted octanol–water partition coefficient (Wildman–Crippen LogP) is 3.55. The minimum atomic E-state index is -0.304. The van der Waals surface area contributed by atoms with E-state index in [1.165, 1.54) is 16.3 Å². The Morgan fingerprint density at radius 2 is 1.88 bits per heavy atom. The average molecular weight is 228 g/mol. The average Bonchev–Trinajstić information content (AvgIpc) is 2.26. The highest BCUT2D eigenvalue weighted by Gasteiger charge is 2.15. The molecule has 1 aromatic heterocycles. The van der Waals surface area contributed by atoms with Gasteiger partial charge in [-0.15, -0.1) is 0 Å². The summed E-state index contributed by atoms with van der Waals surface area (Å²) < 4.78 is 0. The van der Waals surface area contributed by atoms with Gasteiger partial charge in [0.25, 0.3) is 0 Å². The van der Waals surface area contributed by atoms with Crippen LogP contribution >= 0.6 is 0 Å². The number of nitrogens with two attached hydrogens (primary N) is 1. The van der Waals surface area contributed by atoms with Crippen LogP contribution in [0.4, 0.5) is 0 Å².